The normalized spacial score (nSPS) is 12.1. The molecule has 1 aromatic heterocycles. The van der Waals surface area contributed by atoms with Crippen molar-refractivity contribution in [2.75, 3.05) is 19.0 Å². The lowest BCUT2D eigenvalue weighted by Gasteiger charge is -2.11. The van der Waals surface area contributed by atoms with Gasteiger partial charge in [-0.3, -0.25) is 0 Å². The number of nitrogens with zero attached hydrogens (tertiary/aromatic N) is 1. The van der Waals surface area contributed by atoms with E-state index in [1.807, 2.05) is 6.92 Å². The zero-order chi connectivity index (χ0) is 11.3. The fourth-order valence-electron chi connectivity index (χ4n) is 1.00. The molecule has 2 N–H and O–H groups in total. The van der Waals surface area contributed by atoms with Gasteiger partial charge < -0.3 is 15.2 Å². The molecule has 0 spiro atoms. The molecule has 5 heteroatoms. The van der Waals surface area contributed by atoms with Crippen LogP contribution in [0.5, 0.6) is 0 Å². The fraction of sp³-hybridized carbons (Fsp3) is 0.400. The van der Waals surface area contributed by atoms with Crippen LogP contribution in [0, 0.1) is 0 Å². The average molecular weight is 210 g/mol. The Balaban J connectivity index is 2.62. The van der Waals surface area contributed by atoms with Crippen molar-refractivity contribution in [1.29, 1.82) is 0 Å². The van der Waals surface area contributed by atoms with Crippen molar-refractivity contribution in [3.63, 3.8) is 0 Å². The van der Waals surface area contributed by atoms with Gasteiger partial charge in [0.2, 0.25) is 0 Å². The van der Waals surface area contributed by atoms with E-state index < -0.39 is 5.97 Å². The molecule has 0 amide bonds. The summed E-state index contributed by atoms with van der Waals surface area (Å²) in [5, 5.41) is 11.8. The van der Waals surface area contributed by atoms with Crippen molar-refractivity contribution in [2.45, 2.75) is 13.0 Å². The second-order valence-electron chi connectivity index (χ2n) is 3.16. The summed E-state index contributed by atoms with van der Waals surface area (Å²) < 4.78 is 5.06. The Morgan fingerprint density at radius 1 is 1.73 bits per heavy atom. The number of pyridine rings is 1. The molecule has 0 aliphatic heterocycles. The quantitative estimate of drug-likeness (QED) is 0.764. The van der Waals surface area contributed by atoms with Crippen molar-refractivity contribution >= 4 is 11.7 Å². The van der Waals surface area contributed by atoms with E-state index >= 15 is 0 Å². The molecule has 1 atom stereocenters. The van der Waals surface area contributed by atoms with Gasteiger partial charge in [-0.05, 0) is 19.1 Å². The first kappa shape index (κ1) is 11.5. The van der Waals surface area contributed by atoms with Crippen molar-refractivity contribution in [2.24, 2.45) is 0 Å². The Hall–Kier alpha value is -1.62. The summed E-state index contributed by atoms with van der Waals surface area (Å²) in [6.07, 6.45) is 1.54. The number of ether oxygens (including phenoxy) is 1. The number of nitrogens with one attached hydrogen (secondary N) is 1. The van der Waals surface area contributed by atoms with Gasteiger partial charge >= 0.3 is 5.97 Å². The molecule has 15 heavy (non-hydrogen) atoms. The zero-order valence-corrected chi connectivity index (χ0v) is 8.73. The Morgan fingerprint density at radius 3 is 3.07 bits per heavy atom. The predicted molar refractivity (Wildman–Crippen MR) is 56.2 cm³/mol. The highest BCUT2D eigenvalue weighted by atomic mass is 16.5. The Bertz CT molecular complexity index is 341. The maximum Gasteiger partial charge on any atom is 0.354 e. The lowest BCUT2D eigenvalue weighted by Crippen LogP contribution is -2.18. The molecule has 0 aliphatic carbocycles. The third kappa shape index (κ3) is 3.55. The topological polar surface area (TPSA) is 71.5 Å². The Morgan fingerprint density at radius 2 is 2.47 bits per heavy atom. The van der Waals surface area contributed by atoms with Crippen LogP contribution in [0.3, 0.4) is 0 Å². The third-order valence-corrected chi connectivity index (χ3v) is 1.98. The van der Waals surface area contributed by atoms with E-state index in [-0.39, 0.29) is 11.8 Å². The molecule has 0 fully saturated rings. The van der Waals surface area contributed by atoms with E-state index in [0.29, 0.717) is 6.54 Å². The first-order chi connectivity index (χ1) is 7.13. The number of carboxylic acids is 1. The van der Waals surface area contributed by atoms with Crippen LogP contribution in [0.15, 0.2) is 18.3 Å². The van der Waals surface area contributed by atoms with Gasteiger partial charge in [0.1, 0.15) is 5.69 Å². The minimum atomic E-state index is -1.03. The maximum absolute atomic E-state index is 10.6. The first-order valence-corrected chi connectivity index (χ1v) is 4.59. The summed E-state index contributed by atoms with van der Waals surface area (Å²) in [6.45, 7) is 2.55. The van der Waals surface area contributed by atoms with Crippen LogP contribution >= 0.6 is 0 Å². The SMILES string of the molecule is COC(C)CNc1ccnc(C(=O)O)c1. The molecule has 1 unspecified atom stereocenters. The molecule has 1 heterocycles. The second-order valence-corrected chi connectivity index (χ2v) is 3.16. The summed E-state index contributed by atoms with van der Waals surface area (Å²) in [5.41, 5.74) is 0.761. The molecule has 0 saturated heterocycles. The molecule has 5 nitrogen and oxygen atoms in total. The molecule has 0 bridgehead atoms. The first-order valence-electron chi connectivity index (χ1n) is 4.59. The highest BCUT2D eigenvalue weighted by Crippen LogP contribution is 2.08. The van der Waals surface area contributed by atoms with E-state index in [4.69, 9.17) is 9.84 Å². The summed E-state index contributed by atoms with van der Waals surface area (Å²) in [6, 6.07) is 3.21. The molecule has 1 aromatic rings. The number of hydrogen-bond donors (Lipinski definition) is 2. The number of aromatic nitrogens is 1. The monoisotopic (exact) mass is 210 g/mol. The van der Waals surface area contributed by atoms with E-state index in [2.05, 4.69) is 10.3 Å². The van der Waals surface area contributed by atoms with Gasteiger partial charge in [-0.25, -0.2) is 9.78 Å². The van der Waals surface area contributed by atoms with Crippen molar-refractivity contribution < 1.29 is 14.6 Å². The number of hydrogen-bond acceptors (Lipinski definition) is 4. The Labute approximate surface area is 88.1 Å². The smallest absolute Gasteiger partial charge is 0.354 e. The zero-order valence-electron chi connectivity index (χ0n) is 8.73. The van der Waals surface area contributed by atoms with E-state index in [0.717, 1.165) is 5.69 Å². The van der Waals surface area contributed by atoms with Crippen LogP contribution in [0.2, 0.25) is 0 Å². The number of anilines is 1. The third-order valence-electron chi connectivity index (χ3n) is 1.98. The minimum Gasteiger partial charge on any atom is -0.477 e. The average Bonchev–Trinajstić information content (AvgIpc) is 2.26. The van der Waals surface area contributed by atoms with Gasteiger partial charge in [0, 0.05) is 25.5 Å². The second kappa shape index (κ2) is 5.31. The highest BCUT2D eigenvalue weighted by molar-refractivity contribution is 5.86. The standard InChI is InChI=1S/C10H14N2O3/c1-7(15-2)6-12-8-3-4-11-9(5-8)10(13)14/h3-5,7H,6H2,1-2H3,(H,11,12)(H,13,14). The number of methoxy groups -OCH3 is 1. The maximum atomic E-state index is 10.6. The molecule has 0 radical (unpaired) electrons. The molecule has 0 aromatic carbocycles. The van der Waals surface area contributed by atoms with Crippen LogP contribution in [0.25, 0.3) is 0 Å². The lowest BCUT2D eigenvalue weighted by atomic mass is 10.3. The van der Waals surface area contributed by atoms with Gasteiger partial charge in [-0.1, -0.05) is 0 Å². The van der Waals surface area contributed by atoms with Crippen LogP contribution in [-0.4, -0.2) is 35.8 Å². The molecular weight excluding hydrogens is 196 g/mol. The van der Waals surface area contributed by atoms with Gasteiger partial charge in [-0.15, -0.1) is 0 Å². The van der Waals surface area contributed by atoms with Gasteiger partial charge in [0.25, 0.3) is 0 Å². The molecule has 1 rings (SSSR count). The van der Waals surface area contributed by atoms with Crippen molar-refractivity contribution in [3.8, 4) is 0 Å². The summed E-state index contributed by atoms with van der Waals surface area (Å²) >= 11 is 0. The Kier molecular flexibility index (Phi) is 4.05. The van der Waals surface area contributed by atoms with Crippen molar-refractivity contribution in [1.82, 2.24) is 4.98 Å². The van der Waals surface area contributed by atoms with Crippen LogP contribution in [0.4, 0.5) is 5.69 Å². The van der Waals surface area contributed by atoms with Gasteiger partial charge in [-0.2, -0.15) is 0 Å². The van der Waals surface area contributed by atoms with Gasteiger partial charge in [0.15, 0.2) is 0 Å². The van der Waals surface area contributed by atoms with Crippen LogP contribution in [0.1, 0.15) is 17.4 Å². The molecule has 82 valence electrons. The van der Waals surface area contributed by atoms with E-state index in [1.54, 1.807) is 13.2 Å². The largest absolute Gasteiger partial charge is 0.477 e. The molecule has 0 saturated carbocycles. The highest BCUT2D eigenvalue weighted by Gasteiger charge is 2.05. The molecular formula is C10H14N2O3. The van der Waals surface area contributed by atoms with E-state index in [1.165, 1.54) is 12.3 Å². The predicted octanol–water partition coefficient (Wildman–Crippen LogP) is 1.23. The van der Waals surface area contributed by atoms with Crippen molar-refractivity contribution in [3.05, 3.63) is 24.0 Å². The minimum absolute atomic E-state index is 0.0325. The summed E-state index contributed by atoms with van der Waals surface area (Å²) in [7, 11) is 1.63. The summed E-state index contributed by atoms with van der Waals surface area (Å²) in [4.78, 5) is 14.3. The number of aromatic carboxylic acids is 1. The van der Waals surface area contributed by atoms with Crippen LogP contribution in [-0.2, 0) is 4.74 Å². The summed E-state index contributed by atoms with van der Waals surface area (Å²) in [5.74, 6) is -1.03. The lowest BCUT2D eigenvalue weighted by molar-refractivity contribution is 0.0690. The number of rotatable bonds is 5. The number of carboxylic acid groups (broad SMARTS) is 1. The number of carbonyl (C=O) groups is 1. The van der Waals surface area contributed by atoms with Crippen LogP contribution < -0.4 is 5.32 Å². The van der Waals surface area contributed by atoms with Gasteiger partial charge in [0.05, 0.1) is 6.10 Å². The fourth-order valence-corrected chi connectivity index (χ4v) is 1.00. The molecule has 0 aliphatic rings. The van der Waals surface area contributed by atoms with E-state index in [9.17, 15) is 4.79 Å².